The highest BCUT2D eigenvalue weighted by Crippen LogP contribution is 2.01. The summed E-state index contributed by atoms with van der Waals surface area (Å²) in [4.78, 5) is 4.69. The van der Waals surface area contributed by atoms with Crippen molar-refractivity contribution in [3.8, 4) is 0 Å². The standard InChI is InChI=1S/C10H21N2O2/c1-14-10-2-3-11-4-6-12(7-5-11)8-9-13/h2-10H2,1H3. The van der Waals surface area contributed by atoms with E-state index in [4.69, 9.17) is 4.74 Å². The smallest absolute Gasteiger partial charge is 0.0949 e. The minimum Gasteiger partial charge on any atom is -0.385 e. The van der Waals surface area contributed by atoms with Crippen LogP contribution in [0.5, 0.6) is 0 Å². The highest BCUT2D eigenvalue weighted by molar-refractivity contribution is 4.71. The van der Waals surface area contributed by atoms with E-state index in [9.17, 15) is 5.11 Å². The molecule has 0 saturated carbocycles. The largest absolute Gasteiger partial charge is 0.385 e. The van der Waals surface area contributed by atoms with Crippen LogP contribution in [0.1, 0.15) is 6.42 Å². The van der Waals surface area contributed by atoms with Crippen LogP contribution < -0.4 is 0 Å². The first-order valence-corrected chi connectivity index (χ1v) is 5.38. The fraction of sp³-hybridized carbons (Fsp3) is 1.00. The van der Waals surface area contributed by atoms with E-state index in [0.717, 1.165) is 45.8 Å². The molecule has 0 aliphatic carbocycles. The number of rotatable bonds is 6. The van der Waals surface area contributed by atoms with Crippen LogP contribution >= 0.6 is 0 Å². The van der Waals surface area contributed by atoms with Gasteiger partial charge in [0.25, 0.3) is 0 Å². The zero-order valence-electron chi connectivity index (χ0n) is 9.07. The van der Waals surface area contributed by atoms with Crippen LogP contribution in [-0.4, -0.2) is 69.4 Å². The third kappa shape index (κ3) is 4.37. The molecule has 0 unspecified atom stereocenters. The van der Waals surface area contributed by atoms with Crippen LogP contribution in [0.25, 0.3) is 0 Å². The Kier molecular flexibility index (Phi) is 6.10. The molecule has 14 heavy (non-hydrogen) atoms. The van der Waals surface area contributed by atoms with Gasteiger partial charge in [-0.05, 0) is 6.42 Å². The number of hydrogen-bond donors (Lipinski definition) is 0. The molecule has 0 aromatic carbocycles. The monoisotopic (exact) mass is 201 g/mol. The molecular weight excluding hydrogens is 180 g/mol. The van der Waals surface area contributed by atoms with Crippen molar-refractivity contribution in [2.75, 3.05) is 59.6 Å². The molecular formula is C10H21N2O2. The summed E-state index contributed by atoms with van der Waals surface area (Å²) in [5, 5.41) is 10.4. The maximum absolute atomic E-state index is 10.4. The molecule has 4 nitrogen and oxygen atoms in total. The molecule has 0 aromatic heterocycles. The Balaban J connectivity index is 2.03. The summed E-state index contributed by atoms with van der Waals surface area (Å²) in [6.07, 6.45) is 1.11. The summed E-state index contributed by atoms with van der Waals surface area (Å²) in [5.74, 6) is 0. The summed E-state index contributed by atoms with van der Waals surface area (Å²) < 4.78 is 5.01. The molecule has 0 atom stereocenters. The first-order valence-electron chi connectivity index (χ1n) is 5.38. The van der Waals surface area contributed by atoms with Gasteiger partial charge in [-0.2, -0.15) is 0 Å². The number of nitrogens with zero attached hydrogens (tertiary/aromatic N) is 2. The number of piperazine rings is 1. The second kappa shape index (κ2) is 7.17. The van der Waals surface area contributed by atoms with Crippen LogP contribution in [0.2, 0.25) is 0 Å². The van der Waals surface area contributed by atoms with Crippen molar-refractivity contribution < 1.29 is 9.84 Å². The Morgan fingerprint density at radius 3 is 2.14 bits per heavy atom. The molecule has 0 spiro atoms. The van der Waals surface area contributed by atoms with E-state index in [0.29, 0.717) is 6.54 Å². The predicted molar refractivity (Wildman–Crippen MR) is 54.9 cm³/mol. The van der Waals surface area contributed by atoms with Crippen molar-refractivity contribution in [1.82, 2.24) is 9.80 Å². The Labute approximate surface area is 86.4 Å². The lowest BCUT2D eigenvalue weighted by atomic mass is 10.3. The van der Waals surface area contributed by atoms with Crippen LogP contribution in [0.4, 0.5) is 0 Å². The molecule has 0 aromatic rings. The minimum atomic E-state index is 0.0314. The minimum absolute atomic E-state index is 0.0314. The van der Waals surface area contributed by atoms with Gasteiger partial charge in [-0.15, -0.1) is 0 Å². The first-order chi connectivity index (χ1) is 6.86. The summed E-state index contributed by atoms with van der Waals surface area (Å²) in [5.41, 5.74) is 0. The van der Waals surface area contributed by atoms with Gasteiger partial charge in [0.1, 0.15) is 0 Å². The van der Waals surface area contributed by atoms with Crippen molar-refractivity contribution in [2.45, 2.75) is 6.42 Å². The van der Waals surface area contributed by atoms with Crippen LogP contribution in [0.15, 0.2) is 0 Å². The molecule has 0 amide bonds. The molecule has 4 heteroatoms. The molecule has 1 aliphatic rings. The predicted octanol–water partition coefficient (Wildman–Crippen LogP) is 0.0710. The Bertz CT molecular complexity index is 136. The van der Waals surface area contributed by atoms with Gasteiger partial charge in [0, 0.05) is 53.0 Å². The van der Waals surface area contributed by atoms with E-state index >= 15 is 0 Å². The van der Waals surface area contributed by atoms with E-state index in [1.807, 2.05) is 0 Å². The Morgan fingerprint density at radius 1 is 1.07 bits per heavy atom. The quantitative estimate of drug-likeness (QED) is 0.571. The van der Waals surface area contributed by atoms with Crippen LogP contribution in [0, 0.1) is 0 Å². The van der Waals surface area contributed by atoms with Crippen molar-refractivity contribution in [2.24, 2.45) is 0 Å². The van der Waals surface area contributed by atoms with Gasteiger partial charge in [0.15, 0.2) is 0 Å². The molecule has 1 radical (unpaired) electrons. The topological polar surface area (TPSA) is 35.6 Å². The fourth-order valence-corrected chi connectivity index (χ4v) is 1.80. The zero-order valence-corrected chi connectivity index (χ0v) is 9.07. The average Bonchev–Trinajstić information content (AvgIpc) is 2.21. The fourth-order valence-electron chi connectivity index (χ4n) is 1.80. The van der Waals surface area contributed by atoms with Gasteiger partial charge < -0.3 is 9.64 Å². The zero-order chi connectivity index (χ0) is 10.2. The number of methoxy groups -OCH3 is 1. The van der Waals surface area contributed by atoms with Gasteiger partial charge in [-0.3, -0.25) is 4.90 Å². The van der Waals surface area contributed by atoms with Crippen LogP contribution in [0.3, 0.4) is 0 Å². The maximum Gasteiger partial charge on any atom is 0.0949 e. The first kappa shape index (κ1) is 11.9. The number of hydrogen-bond acceptors (Lipinski definition) is 3. The summed E-state index contributed by atoms with van der Waals surface area (Å²) in [7, 11) is 1.74. The third-order valence-corrected chi connectivity index (χ3v) is 2.70. The molecule has 83 valence electrons. The van der Waals surface area contributed by atoms with Gasteiger partial charge in [0.2, 0.25) is 0 Å². The summed E-state index contributed by atoms with van der Waals surface area (Å²) in [6.45, 7) is 7.02. The van der Waals surface area contributed by atoms with Gasteiger partial charge in [-0.1, -0.05) is 0 Å². The maximum atomic E-state index is 10.4. The van der Waals surface area contributed by atoms with E-state index in [1.54, 1.807) is 7.11 Å². The summed E-state index contributed by atoms with van der Waals surface area (Å²) in [6, 6.07) is 0. The van der Waals surface area contributed by atoms with E-state index in [2.05, 4.69) is 9.80 Å². The molecule has 1 heterocycles. The second-order valence-corrected chi connectivity index (χ2v) is 3.73. The lowest BCUT2D eigenvalue weighted by Crippen LogP contribution is -2.47. The summed E-state index contributed by atoms with van der Waals surface area (Å²) >= 11 is 0. The van der Waals surface area contributed by atoms with Gasteiger partial charge in [-0.25, -0.2) is 5.11 Å². The molecule has 1 fully saturated rings. The Morgan fingerprint density at radius 2 is 1.64 bits per heavy atom. The molecule has 0 bridgehead atoms. The Hall–Kier alpha value is -0.160. The average molecular weight is 201 g/mol. The van der Waals surface area contributed by atoms with E-state index in [-0.39, 0.29) is 6.61 Å². The van der Waals surface area contributed by atoms with Crippen molar-refractivity contribution in [1.29, 1.82) is 0 Å². The normalized spacial score (nSPS) is 20.1. The molecule has 1 aliphatic heterocycles. The molecule has 1 saturated heterocycles. The second-order valence-electron chi connectivity index (χ2n) is 3.73. The SMILES string of the molecule is COCCCN1CCN(CC[O])CC1. The van der Waals surface area contributed by atoms with Crippen molar-refractivity contribution >= 4 is 0 Å². The van der Waals surface area contributed by atoms with Gasteiger partial charge in [0.05, 0.1) is 6.61 Å². The molecule has 1 rings (SSSR count). The van der Waals surface area contributed by atoms with E-state index in [1.165, 1.54) is 0 Å². The third-order valence-electron chi connectivity index (χ3n) is 2.70. The number of ether oxygens (including phenoxy) is 1. The molecule has 0 N–H and O–H groups in total. The highest BCUT2D eigenvalue weighted by Gasteiger charge is 2.15. The van der Waals surface area contributed by atoms with Gasteiger partial charge >= 0.3 is 0 Å². The highest BCUT2D eigenvalue weighted by atomic mass is 16.5. The lowest BCUT2D eigenvalue weighted by molar-refractivity contribution is 0.0866. The van der Waals surface area contributed by atoms with Crippen molar-refractivity contribution in [3.63, 3.8) is 0 Å². The van der Waals surface area contributed by atoms with E-state index < -0.39 is 0 Å². The van der Waals surface area contributed by atoms with Crippen molar-refractivity contribution in [3.05, 3.63) is 0 Å². The lowest BCUT2D eigenvalue weighted by Gasteiger charge is -2.34. The van der Waals surface area contributed by atoms with Crippen LogP contribution in [-0.2, 0) is 9.84 Å².